The lowest BCUT2D eigenvalue weighted by Crippen LogP contribution is -2.52. The minimum atomic E-state index is -0.997. The second-order valence-electron chi connectivity index (χ2n) is 5.71. The van der Waals surface area contributed by atoms with Crippen LogP contribution >= 0.6 is 34.8 Å². The molecule has 1 rings (SSSR count). The highest BCUT2D eigenvalue weighted by atomic mass is 35.5. The van der Waals surface area contributed by atoms with Crippen LogP contribution in [-0.4, -0.2) is 35.0 Å². The van der Waals surface area contributed by atoms with Crippen LogP contribution in [0.3, 0.4) is 0 Å². The van der Waals surface area contributed by atoms with E-state index in [1.165, 1.54) is 12.1 Å². The first-order valence-corrected chi connectivity index (χ1v) is 8.99. The molecule has 0 aromatic heterocycles. The van der Waals surface area contributed by atoms with Crippen LogP contribution in [0.2, 0.25) is 10.0 Å². The van der Waals surface area contributed by atoms with Crippen molar-refractivity contribution in [3.8, 4) is 0 Å². The van der Waals surface area contributed by atoms with Crippen LogP contribution in [0.15, 0.2) is 12.1 Å². The van der Waals surface area contributed by atoms with E-state index in [-0.39, 0.29) is 23.6 Å². The van der Waals surface area contributed by atoms with Gasteiger partial charge in [0.15, 0.2) is 17.7 Å². The number of guanidine groups is 2. The maximum Gasteiger partial charge on any atom is 0.252 e. The van der Waals surface area contributed by atoms with Gasteiger partial charge in [0.05, 0.1) is 11.4 Å². The maximum atomic E-state index is 12.2. The Morgan fingerprint density at radius 1 is 1.15 bits per heavy atom. The largest absolute Gasteiger partial charge is 0.370 e. The molecular formula is C16H23Cl3N6O2. The predicted octanol–water partition coefficient (Wildman–Crippen LogP) is 2.37. The van der Waals surface area contributed by atoms with Crippen LogP contribution < -0.4 is 22.1 Å². The van der Waals surface area contributed by atoms with Crippen LogP contribution in [-0.2, 0) is 4.79 Å². The molecule has 0 aliphatic carbocycles. The van der Waals surface area contributed by atoms with E-state index in [1.807, 2.05) is 5.32 Å². The van der Waals surface area contributed by atoms with Gasteiger partial charge in [-0.15, -0.1) is 11.6 Å². The predicted molar refractivity (Wildman–Crippen MR) is 110 cm³/mol. The van der Waals surface area contributed by atoms with E-state index in [4.69, 9.17) is 57.1 Å². The SMILES string of the molecule is CCC(C)(NC(=O)c1cc(Cl)c(C)c(Cl)c1)C(=O)CCl.N=C(N)NC(=N)N. The fourth-order valence-electron chi connectivity index (χ4n) is 1.75. The highest BCUT2D eigenvalue weighted by Gasteiger charge is 2.32. The molecule has 0 bridgehead atoms. The molecule has 8 nitrogen and oxygen atoms in total. The van der Waals surface area contributed by atoms with Gasteiger partial charge in [0.25, 0.3) is 5.91 Å². The van der Waals surface area contributed by atoms with Crippen LogP contribution in [0.25, 0.3) is 0 Å². The lowest BCUT2D eigenvalue weighted by atomic mass is 9.93. The van der Waals surface area contributed by atoms with E-state index in [2.05, 4.69) is 5.32 Å². The third kappa shape index (κ3) is 8.03. The molecule has 27 heavy (non-hydrogen) atoms. The monoisotopic (exact) mass is 436 g/mol. The van der Waals surface area contributed by atoms with Crippen LogP contribution in [0.4, 0.5) is 0 Å². The standard InChI is InChI=1S/C14H16Cl3NO2.C2H7N5/c1-4-14(3,12(19)7-15)18-13(20)9-5-10(16)8(2)11(17)6-9;3-1(4)7-2(5)6/h5-6H,4,7H2,1-3H3,(H,18,20);(H7,3,4,5,6,7). The number of carbonyl (C=O) groups excluding carboxylic acids is 2. The third-order valence-electron chi connectivity index (χ3n) is 3.65. The number of nitrogens with two attached hydrogens (primary N) is 2. The normalized spacial score (nSPS) is 12.1. The van der Waals surface area contributed by atoms with Gasteiger partial charge >= 0.3 is 0 Å². The second-order valence-corrected chi connectivity index (χ2v) is 6.80. The zero-order chi connectivity index (χ0) is 21.4. The number of alkyl halides is 1. The molecule has 11 heteroatoms. The maximum absolute atomic E-state index is 12.2. The van der Waals surface area contributed by atoms with Crippen LogP contribution in [0.1, 0.15) is 36.2 Å². The number of amides is 1. The molecule has 0 heterocycles. The Balaban J connectivity index is 0.000000821. The first kappa shape index (κ1) is 25.0. The number of ketones is 1. The molecule has 0 aliphatic rings. The number of hydrogen-bond donors (Lipinski definition) is 6. The van der Waals surface area contributed by atoms with E-state index >= 15 is 0 Å². The summed E-state index contributed by atoms with van der Waals surface area (Å²) in [5.41, 5.74) is 9.51. The Labute approximate surface area is 172 Å². The van der Waals surface area contributed by atoms with Gasteiger partial charge in [-0.3, -0.25) is 25.7 Å². The average molecular weight is 438 g/mol. The summed E-state index contributed by atoms with van der Waals surface area (Å²) in [4.78, 5) is 24.1. The van der Waals surface area contributed by atoms with Gasteiger partial charge in [-0.2, -0.15) is 0 Å². The van der Waals surface area contributed by atoms with Crippen molar-refractivity contribution in [2.24, 2.45) is 11.5 Å². The number of carbonyl (C=O) groups is 2. The summed E-state index contributed by atoms with van der Waals surface area (Å²) in [6.07, 6.45) is 0.442. The van der Waals surface area contributed by atoms with Crippen molar-refractivity contribution in [3.63, 3.8) is 0 Å². The molecule has 1 aromatic rings. The lowest BCUT2D eigenvalue weighted by Gasteiger charge is -2.27. The smallest absolute Gasteiger partial charge is 0.252 e. The van der Waals surface area contributed by atoms with Gasteiger partial charge in [-0.05, 0) is 38.0 Å². The van der Waals surface area contributed by atoms with Gasteiger partial charge in [0.2, 0.25) is 0 Å². The molecule has 1 aromatic carbocycles. The summed E-state index contributed by atoms with van der Waals surface area (Å²) in [5.74, 6) is -1.42. The number of halogens is 3. The molecule has 8 N–H and O–H groups in total. The van der Waals surface area contributed by atoms with Gasteiger partial charge < -0.3 is 16.8 Å². The fourth-order valence-corrected chi connectivity index (χ4v) is 2.53. The quantitative estimate of drug-likeness (QED) is 0.237. The van der Waals surface area contributed by atoms with Crippen LogP contribution in [0.5, 0.6) is 0 Å². The molecule has 1 unspecified atom stereocenters. The molecule has 0 aliphatic heterocycles. The Morgan fingerprint density at radius 2 is 1.59 bits per heavy atom. The molecule has 0 saturated heterocycles. The molecule has 1 amide bonds. The summed E-state index contributed by atoms with van der Waals surface area (Å²) < 4.78 is 0. The van der Waals surface area contributed by atoms with Crippen molar-refractivity contribution in [2.75, 3.05) is 5.88 Å². The molecule has 0 radical (unpaired) electrons. The summed E-state index contributed by atoms with van der Waals surface area (Å²) in [6, 6.07) is 3.05. The minimum absolute atomic E-state index is 0.153. The van der Waals surface area contributed by atoms with Crippen molar-refractivity contribution in [3.05, 3.63) is 33.3 Å². The van der Waals surface area contributed by atoms with Crippen molar-refractivity contribution in [2.45, 2.75) is 32.7 Å². The summed E-state index contributed by atoms with van der Waals surface area (Å²) in [7, 11) is 0. The zero-order valence-electron chi connectivity index (χ0n) is 15.2. The van der Waals surface area contributed by atoms with Gasteiger partial charge in [-0.1, -0.05) is 30.1 Å². The molecule has 150 valence electrons. The number of Topliss-reactive ketones (excluding diaryl/α,β-unsaturated/α-hetero) is 1. The Hall–Kier alpha value is -2.03. The summed E-state index contributed by atoms with van der Waals surface area (Å²) in [6.45, 7) is 5.21. The van der Waals surface area contributed by atoms with Crippen molar-refractivity contribution in [1.82, 2.24) is 10.6 Å². The summed E-state index contributed by atoms with van der Waals surface area (Å²) >= 11 is 17.6. The highest BCUT2D eigenvalue weighted by Crippen LogP contribution is 2.26. The van der Waals surface area contributed by atoms with Crippen LogP contribution in [0, 0.1) is 17.7 Å². The van der Waals surface area contributed by atoms with E-state index in [9.17, 15) is 9.59 Å². The molecular weight excluding hydrogens is 415 g/mol. The van der Waals surface area contributed by atoms with E-state index in [0.29, 0.717) is 27.6 Å². The second kappa shape index (κ2) is 11.0. The lowest BCUT2D eigenvalue weighted by molar-refractivity contribution is -0.122. The van der Waals surface area contributed by atoms with E-state index in [1.54, 1.807) is 20.8 Å². The number of rotatable bonds is 5. The molecule has 1 atom stereocenters. The van der Waals surface area contributed by atoms with Crippen molar-refractivity contribution >= 4 is 58.4 Å². The fraction of sp³-hybridized carbons (Fsp3) is 0.375. The number of benzene rings is 1. The molecule has 0 fully saturated rings. The van der Waals surface area contributed by atoms with Crippen molar-refractivity contribution < 1.29 is 9.59 Å². The number of nitrogens with one attached hydrogen (secondary N) is 4. The first-order chi connectivity index (χ1) is 12.4. The Morgan fingerprint density at radius 3 is 1.89 bits per heavy atom. The van der Waals surface area contributed by atoms with Gasteiger partial charge in [0.1, 0.15) is 0 Å². The molecule has 0 spiro atoms. The minimum Gasteiger partial charge on any atom is -0.370 e. The van der Waals surface area contributed by atoms with E-state index in [0.717, 1.165) is 0 Å². The van der Waals surface area contributed by atoms with Gasteiger partial charge in [-0.25, -0.2) is 0 Å². The average Bonchev–Trinajstić information content (AvgIpc) is 2.57. The topological polar surface area (TPSA) is 158 Å². The summed E-state index contributed by atoms with van der Waals surface area (Å²) in [5, 5.41) is 18.5. The van der Waals surface area contributed by atoms with Gasteiger partial charge in [0, 0.05) is 15.6 Å². The Kier molecular flexibility index (Phi) is 10.1. The first-order valence-electron chi connectivity index (χ1n) is 7.70. The third-order valence-corrected chi connectivity index (χ3v) is 4.67. The number of hydrogen-bond acceptors (Lipinski definition) is 4. The highest BCUT2D eigenvalue weighted by molar-refractivity contribution is 6.36. The van der Waals surface area contributed by atoms with E-state index < -0.39 is 11.4 Å². The Bertz CT molecular complexity index is 706. The molecule has 0 saturated carbocycles. The zero-order valence-corrected chi connectivity index (χ0v) is 17.4. The van der Waals surface area contributed by atoms with Crippen molar-refractivity contribution in [1.29, 1.82) is 10.8 Å².